The molecule has 8 heteroatoms. The Morgan fingerprint density at radius 3 is 1.32 bits per heavy atom. The van der Waals surface area contributed by atoms with E-state index in [4.69, 9.17) is 34.3 Å². The van der Waals surface area contributed by atoms with Crippen LogP contribution in [0.5, 0.6) is 0 Å². The first-order valence-corrected chi connectivity index (χ1v) is 22.5. The molecular weight excluding hydrogens is 835 g/mol. The van der Waals surface area contributed by atoms with Crippen LogP contribution in [0.4, 0.5) is 0 Å². The van der Waals surface area contributed by atoms with Crippen LogP contribution in [0.25, 0.3) is 129 Å². The molecule has 0 aliphatic rings. The number of benzene rings is 9. The fourth-order valence-electron chi connectivity index (χ4n) is 9.38. The molecule has 13 aromatic rings. The third kappa shape index (κ3) is 6.70. The molecule has 0 bridgehead atoms. The molecule has 0 aliphatic heterocycles. The van der Waals surface area contributed by atoms with Crippen molar-refractivity contribution < 1.29 is 4.42 Å². The van der Waals surface area contributed by atoms with Gasteiger partial charge in [0.05, 0.1) is 16.7 Å². The van der Waals surface area contributed by atoms with Crippen LogP contribution >= 0.6 is 0 Å². The SMILES string of the molecule is c1ccc(-c2nc(-c3ccccc3)nc(-c3ccc(-n4c5ccccc5c5c(-c6cccc7c6oc6ccccc67)cccc54)c(-c4nc(-c5ccccc5)nc(-c5ccccc5)n4)c3)n2)cc1. The third-order valence-corrected chi connectivity index (χ3v) is 12.5. The summed E-state index contributed by atoms with van der Waals surface area (Å²) in [6, 6.07) is 76.3. The van der Waals surface area contributed by atoms with E-state index < -0.39 is 0 Å². The predicted molar refractivity (Wildman–Crippen MR) is 273 cm³/mol. The lowest BCUT2D eigenvalue weighted by Crippen LogP contribution is -2.05. The van der Waals surface area contributed by atoms with Crippen molar-refractivity contribution in [2.75, 3.05) is 0 Å². The van der Waals surface area contributed by atoms with Crippen LogP contribution < -0.4 is 0 Å². The number of hydrogen-bond acceptors (Lipinski definition) is 7. The van der Waals surface area contributed by atoms with Crippen molar-refractivity contribution in [3.05, 3.63) is 224 Å². The topological polar surface area (TPSA) is 95.4 Å². The number of aromatic nitrogens is 7. The van der Waals surface area contributed by atoms with Crippen molar-refractivity contribution in [1.82, 2.24) is 34.5 Å². The van der Waals surface area contributed by atoms with Gasteiger partial charge in [-0.3, -0.25) is 0 Å². The molecule has 0 saturated carbocycles. The quantitative estimate of drug-likeness (QED) is 0.150. The second-order valence-electron chi connectivity index (χ2n) is 16.6. The molecule has 4 heterocycles. The lowest BCUT2D eigenvalue weighted by Gasteiger charge is -2.16. The standard InChI is InChI=1S/C60H37N7O/c1-5-19-38(20-6-1)55-61-56(39-21-7-2-8-22-39)64-59(63-55)42-35-36-50(48(37-42)60-65-57(40-23-9-3-10-24-40)62-58(66-60)41-25-11-4-12-26-41)67-49-32-15-13-28-47(49)53-44(29-18-33-51(53)67)46-31-17-30-45-43-27-14-16-34-52(43)68-54(45)46/h1-37H. The third-order valence-electron chi connectivity index (χ3n) is 12.5. The summed E-state index contributed by atoms with van der Waals surface area (Å²) in [6.07, 6.45) is 0. The molecule has 0 amide bonds. The number of para-hydroxylation sites is 3. The maximum absolute atomic E-state index is 6.65. The van der Waals surface area contributed by atoms with Crippen molar-refractivity contribution in [3.8, 4) is 85.1 Å². The summed E-state index contributed by atoms with van der Waals surface area (Å²) in [5.41, 5.74) is 11.8. The Morgan fingerprint density at radius 1 is 0.294 bits per heavy atom. The minimum absolute atomic E-state index is 0.504. The molecular formula is C60H37N7O. The van der Waals surface area contributed by atoms with E-state index in [1.165, 1.54) is 0 Å². The zero-order valence-electron chi connectivity index (χ0n) is 36.4. The smallest absolute Gasteiger partial charge is 0.166 e. The molecule has 318 valence electrons. The average molecular weight is 872 g/mol. The Bertz CT molecular complexity index is 3900. The summed E-state index contributed by atoms with van der Waals surface area (Å²) in [7, 11) is 0. The predicted octanol–water partition coefficient (Wildman–Crippen LogP) is 14.7. The van der Waals surface area contributed by atoms with Crippen LogP contribution in [0.2, 0.25) is 0 Å². The van der Waals surface area contributed by atoms with E-state index in [1.54, 1.807) is 0 Å². The van der Waals surface area contributed by atoms with E-state index in [1.807, 2.05) is 133 Å². The second-order valence-corrected chi connectivity index (χ2v) is 16.6. The minimum atomic E-state index is 0.504. The molecule has 0 N–H and O–H groups in total. The number of furan rings is 1. The van der Waals surface area contributed by atoms with Crippen LogP contribution in [-0.2, 0) is 0 Å². The Hall–Kier alpha value is -9.40. The highest BCUT2D eigenvalue weighted by Gasteiger charge is 2.24. The summed E-state index contributed by atoms with van der Waals surface area (Å²) < 4.78 is 8.98. The molecule has 0 saturated heterocycles. The fraction of sp³-hybridized carbons (Fsp3) is 0. The molecule has 0 aliphatic carbocycles. The van der Waals surface area contributed by atoms with Crippen molar-refractivity contribution in [1.29, 1.82) is 0 Å². The number of fused-ring (bicyclic) bond motifs is 6. The van der Waals surface area contributed by atoms with E-state index in [9.17, 15) is 0 Å². The van der Waals surface area contributed by atoms with Crippen LogP contribution in [0.15, 0.2) is 229 Å². The Labute approximate surface area is 390 Å². The molecule has 13 rings (SSSR count). The molecule has 68 heavy (non-hydrogen) atoms. The van der Waals surface area contributed by atoms with Gasteiger partial charge in [0.1, 0.15) is 11.2 Å². The largest absolute Gasteiger partial charge is 0.455 e. The van der Waals surface area contributed by atoms with Gasteiger partial charge in [0, 0.05) is 60.5 Å². The lowest BCUT2D eigenvalue weighted by atomic mass is 9.97. The Morgan fingerprint density at radius 2 is 0.735 bits per heavy atom. The maximum Gasteiger partial charge on any atom is 0.166 e. The van der Waals surface area contributed by atoms with E-state index >= 15 is 0 Å². The molecule has 0 radical (unpaired) electrons. The van der Waals surface area contributed by atoms with Crippen LogP contribution in [0, 0.1) is 0 Å². The van der Waals surface area contributed by atoms with Crippen molar-refractivity contribution in [2.45, 2.75) is 0 Å². The van der Waals surface area contributed by atoms with Gasteiger partial charge in [0.25, 0.3) is 0 Å². The van der Waals surface area contributed by atoms with Gasteiger partial charge in [-0.25, -0.2) is 29.9 Å². The van der Waals surface area contributed by atoms with Gasteiger partial charge >= 0.3 is 0 Å². The molecule has 0 atom stereocenters. The highest BCUT2D eigenvalue weighted by Crippen LogP contribution is 2.44. The van der Waals surface area contributed by atoms with Crippen LogP contribution in [0.1, 0.15) is 0 Å². The molecule has 0 unspecified atom stereocenters. The maximum atomic E-state index is 6.65. The first-order chi connectivity index (χ1) is 33.7. The monoisotopic (exact) mass is 871 g/mol. The fourth-order valence-corrected chi connectivity index (χ4v) is 9.38. The van der Waals surface area contributed by atoms with Crippen molar-refractivity contribution in [2.24, 2.45) is 0 Å². The first-order valence-electron chi connectivity index (χ1n) is 22.5. The second kappa shape index (κ2) is 16.2. The normalized spacial score (nSPS) is 11.5. The zero-order valence-corrected chi connectivity index (χ0v) is 36.4. The van der Waals surface area contributed by atoms with Gasteiger partial charge in [-0.1, -0.05) is 188 Å². The van der Waals surface area contributed by atoms with Crippen molar-refractivity contribution >= 4 is 43.7 Å². The van der Waals surface area contributed by atoms with E-state index in [0.717, 1.165) is 93.9 Å². The number of hydrogen-bond donors (Lipinski definition) is 0. The van der Waals surface area contributed by atoms with E-state index in [-0.39, 0.29) is 0 Å². The van der Waals surface area contributed by atoms with Gasteiger partial charge in [-0.2, -0.15) is 0 Å². The van der Waals surface area contributed by atoms with Crippen molar-refractivity contribution in [3.63, 3.8) is 0 Å². The van der Waals surface area contributed by atoms with Gasteiger partial charge in [-0.15, -0.1) is 0 Å². The van der Waals surface area contributed by atoms with Gasteiger partial charge in [-0.05, 0) is 42.0 Å². The molecule has 8 nitrogen and oxygen atoms in total. The first kappa shape index (κ1) is 39.0. The Balaban J connectivity index is 1.10. The van der Waals surface area contributed by atoms with Gasteiger partial charge < -0.3 is 8.98 Å². The summed E-state index contributed by atoms with van der Waals surface area (Å²) in [5, 5.41) is 4.38. The Kier molecular flexibility index (Phi) is 9.31. The number of rotatable bonds is 8. The summed E-state index contributed by atoms with van der Waals surface area (Å²) in [5.74, 6) is 3.30. The minimum Gasteiger partial charge on any atom is -0.455 e. The zero-order chi connectivity index (χ0) is 45.0. The highest BCUT2D eigenvalue weighted by molar-refractivity contribution is 6.19. The van der Waals surface area contributed by atoms with E-state index in [0.29, 0.717) is 34.9 Å². The average Bonchev–Trinajstić information content (AvgIpc) is 3.98. The molecule has 4 aromatic heterocycles. The molecule has 9 aromatic carbocycles. The number of nitrogens with zero attached hydrogens (tertiary/aromatic N) is 7. The summed E-state index contributed by atoms with van der Waals surface area (Å²) in [4.78, 5) is 31.0. The van der Waals surface area contributed by atoms with Crippen LogP contribution in [-0.4, -0.2) is 34.5 Å². The summed E-state index contributed by atoms with van der Waals surface area (Å²) >= 11 is 0. The molecule has 0 spiro atoms. The highest BCUT2D eigenvalue weighted by atomic mass is 16.3. The lowest BCUT2D eigenvalue weighted by molar-refractivity contribution is 0.670. The van der Waals surface area contributed by atoms with E-state index in [2.05, 4.69) is 95.6 Å². The van der Waals surface area contributed by atoms with Gasteiger partial charge in [0.2, 0.25) is 0 Å². The van der Waals surface area contributed by atoms with Crippen LogP contribution in [0.3, 0.4) is 0 Å². The van der Waals surface area contributed by atoms with Gasteiger partial charge in [0.15, 0.2) is 34.9 Å². The molecule has 0 fully saturated rings. The summed E-state index contributed by atoms with van der Waals surface area (Å²) in [6.45, 7) is 0.